The number of anilines is 2. The first-order chi connectivity index (χ1) is 23.2. The third kappa shape index (κ3) is 6.34. The summed E-state index contributed by atoms with van der Waals surface area (Å²) < 4.78 is 12.4. The summed E-state index contributed by atoms with van der Waals surface area (Å²) in [6, 6.07) is 36.9. The van der Waals surface area contributed by atoms with Gasteiger partial charge in [-0.25, -0.2) is 0 Å². The predicted molar refractivity (Wildman–Crippen MR) is 199 cm³/mol. The Balaban J connectivity index is 1.26. The summed E-state index contributed by atoms with van der Waals surface area (Å²) in [5.74, 6) is 2.58. The Morgan fingerprint density at radius 2 is 1.33 bits per heavy atom. The van der Waals surface area contributed by atoms with Crippen molar-refractivity contribution < 1.29 is 24.1 Å². The minimum atomic E-state index is -0.0935. The molecular weight excluding hydrogens is 784 g/mol. The van der Waals surface area contributed by atoms with Gasteiger partial charge in [0.05, 0.1) is 0 Å². The first-order valence-corrected chi connectivity index (χ1v) is 18.3. The molecule has 0 bridgehead atoms. The van der Waals surface area contributed by atoms with Crippen molar-refractivity contribution >= 4 is 22.5 Å². The quantitative estimate of drug-likeness (QED) is 0.174. The molecule has 2 aromatic heterocycles. The number of ether oxygens (including phenoxy) is 1. The molecule has 0 unspecified atom stereocenters. The molecule has 3 heterocycles. The Bertz CT molecular complexity index is 2230. The standard InChI is InChI=1S/C43H46N4O.Pt/c1-41(2,3)31-17-19-33(20-18-31)45-29-46(38-15-10-9-14-37(38)45)34-12-11-13-35(27-34)48-36-21-16-30-22-24-43(7,8)47(39(30)28-36)40-26-32(23-25-44-40)42(4,5)6;/h9-21,23,25-28H,22,24H2,1-8H3;. The van der Waals surface area contributed by atoms with E-state index in [1.54, 1.807) is 0 Å². The van der Waals surface area contributed by atoms with E-state index in [0.717, 1.165) is 62.1 Å². The summed E-state index contributed by atoms with van der Waals surface area (Å²) in [7, 11) is 0. The molecule has 5 nitrogen and oxygen atoms in total. The Labute approximate surface area is 301 Å². The average Bonchev–Trinajstić information content (AvgIpc) is 3.35. The van der Waals surface area contributed by atoms with Crippen LogP contribution in [0.25, 0.3) is 22.4 Å². The van der Waals surface area contributed by atoms with Gasteiger partial charge in [0, 0.05) is 6.20 Å². The molecule has 4 aromatic carbocycles. The Hall–Kier alpha value is -4.21. The number of nitrogens with zero attached hydrogens (tertiary/aromatic N) is 4. The van der Waals surface area contributed by atoms with Crippen molar-refractivity contribution in [3.05, 3.63) is 130 Å². The molecule has 0 saturated carbocycles. The van der Waals surface area contributed by atoms with Crippen molar-refractivity contribution in [1.29, 1.82) is 0 Å². The normalized spacial score (nSPS) is 14.6. The zero-order valence-electron chi connectivity index (χ0n) is 29.8. The molecule has 7 rings (SSSR count). The van der Waals surface area contributed by atoms with E-state index in [1.807, 2.05) is 12.3 Å². The van der Waals surface area contributed by atoms with Crippen LogP contribution in [0.5, 0.6) is 11.5 Å². The van der Waals surface area contributed by atoms with Gasteiger partial charge in [0.15, 0.2) is 0 Å². The second-order valence-electron chi connectivity index (χ2n) is 15.9. The first kappa shape index (κ1) is 33.3. The summed E-state index contributed by atoms with van der Waals surface area (Å²) in [6.07, 6.45) is 4.02. The summed E-state index contributed by atoms with van der Waals surface area (Å²) >= 11 is 2.45. The molecule has 254 valence electrons. The van der Waals surface area contributed by atoms with Crippen molar-refractivity contribution in [1.82, 2.24) is 14.1 Å². The first-order valence-electron chi connectivity index (χ1n) is 17.2. The van der Waals surface area contributed by atoms with Crippen LogP contribution in [0.3, 0.4) is 0 Å². The summed E-state index contributed by atoms with van der Waals surface area (Å²) in [5, 5.41) is 0. The topological polar surface area (TPSA) is 35.2 Å². The zero-order valence-corrected chi connectivity index (χ0v) is 32.1. The van der Waals surface area contributed by atoms with E-state index in [-0.39, 0.29) is 16.4 Å². The third-order valence-electron chi connectivity index (χ3n) is 9.76. The zero-order chi connectivity index (χ0) is 34.7. The van der Waals surface area contributed by atoms with Gasteiger partial charge in [-0.3, -0.25) is 0 Å². The number of fused-ring (bicyclic) bond motifs is 2. The van der Waals surface area contributed by atoms with Gasteiger partial charge < -0.3 is 0 Å². The van der Waals surface area contributed by atoms with E-state index in [9.17, 15) is 0 Å². The van der Waals surface area contributed by atoms with Gasteiger partial charge in [-0.1, -0.05) is 20.8 Å². The molecule has 6 heteroatoms. The molecule has 0 atom stereocenters. The molecule has 0 radical (unpaired) electrons. The van der Waals surface area contributed by atoms with Crippen molar-refractivity contribution in [2.24, 2.45) is 0 Å². The predicted octanol–water partition coefficient (Wildman–Crippen LogP) is 11.1. The minimum absolute atomic E-state index is 0.0372. The van der Waals surface area contributed by atoms with Crippen LogP contribution in [-0.2, 0) is 36.6 Å². The van der Waals surface area contributed by atoms with E-state index in [0.29, 0.717) is 0 Å². The van der Waals surface area contributed by atoms with Gasteiger partial charge in [-0.2, -0.15) is 0 Å². The van der Waals surface area contributed by atoms with Crippen LogP contribution in [0.1, 0.15) is 78.5 Å². The molecular formula is C43H46N4OPt. The van der Waals surface area contributed by atoms with Crippen LogP contribution in [-0.4, -0.2) is 19.7 Å². The van der Waals surface area contributed by atoms with Crippen LogP contribution < -0.4 is 9.64 Å². The van der Waals surface area contributed by atoms with Gasteiger partial charge in [0.2, 0.25) is 0 Å². The van der Waals surface area contributed by atoms with E-state index in [2.05, 4.69) is 186 Å². The number of hydrogen-bond acceptors (Lipinski definition) is 3. The molecule has 1 aliphatic heterocycles. The molecule has 0 aliphatic carbocycles. The fourth-order valence-corrected chi connectivity index (χ4v) is 8.01. The third-order valence-corrected chi connectivity index (χ3v) is 10.8. The maximum absolute atomic E-state index is 6.66. The van der Waals surface area contributed by atoms with Gasteiger partial charge >= 0.3 is 259 Å². The number of aryl methyl sites for hydroxylation is 1. The summed E-state index contributed by atoms with van der Waals surface area (Å²) in [4.78, 5) is 7.29. The van der Waals surface area contributed by atoms with Crippen molar-refractivity contribution in [3.63, 3.8) is 0 Å². The van der Waals surface area contributed by atoms with Gasteiger partial charge in [0.1, 0.15) is 0 Å². The van der Waals surface area contributed by atoms with Crippen LogP contribution in [0, 0.1) is 3.80 Å². The number of benzene rings is 4. The van der Waals surface area contributed by atoms with E-state index in [1.165, 1.54) is 16.7 Å². The molecule has 49 heavy (non-hydrogen) atoms. The molecule has 0 fully saturated rings. The number of hydrogen-bond donors (Lipinski definition) is 0. The molecule has 0 amide bonds. The Morgan fingerprint density at radius 3 is 2.00 bits per heavy atom. The van der Waals surface area contributed by atoms with Gasteiger partial charge in [-0.15, -0.1) is 0 Å². The van der Waals surface area contributed by atoms with E-state index in [4.69, 9.17) is 9.72 Å². The molecule has 0 spiro atoms. The van der Waals surface area contributed by atoms with Gasteiger partial charge in [-0.05, 0) is 17.0 Å². The maximum atomic E-state index is 6.66. The van der Waals surface area contributed by atoms with Crippen LogP contribution in [0.15, 0.2) is 109 Å². The number of pyridine rings is 1. The number of para-hydroxylation sites is 2. The second kappa shape index (κ2) is 12.3. The average molecular weight is 830 g/mol. The van der Waals surface area contributed by atoms with Crippen LogP contribution >= 0.6 is 0 Å². The van der Waals surface area contributed by atoms with Crippen LogP contribution in [0.2, 0.25) is 0 Å². The second-order valence-corrected chi connectivity index (χ2v) is 16.9. The number of imidazole rings is 1. The molecule has 1 aliphatic rings. The van der Waals surface area contributed by atoms with Crippen molar-refractivity contribution in [2.75, 3.05) is 4.90 Å². The summed E-state index contributed by atoms with van der Waals surface area (Å²) in [5.41, 5.74) is 9.61. The molecule has 6 aromatic rings. The Kier molecular flexibility index (Phi) is 8.35. The van der Waals surface area contributed by atoms with Crippen LogP contribution in [0.4, 0.5) is 11.5 Å². The van der Waals surface area contributed by atoms with E-state index >= 15 is 0 Å². The molecule has 0 saturated heterocycles. The number of aromatic nitrogens is 3. The van der Waals surface area contributed by atoms with Crippen molar-refractivity contribution in [3.8, 4) is 22.9 Å². The van der Waals surface area contributed by atoms with Crippen molar-refractivity contribution in [2.45, 2.75) is 84.6 Å². The van der Waals surface area contributed by atoms with E-state index < -0.39 is 0 Å². The fraction of sp³-hybridized carbons (Fsp3) is 0.302. The summed E-state index contributed by atoms with van der Waals surface area (Å²) in [6.45, 7) is 18.1. The number of rotatable bonds is 5. The Morgan fingerprint density at radius 1 is 0.673 bits per heavy atom. The molecule has 0 N–H and O–H groups in total. The van der Waals surface area contributed by atoms with Gasteiger partial charge in [0.25, 0.3) is 0 Å². The fourth-order valence-electron chi connectivity index (χ4n) is 6.88. The monoisotopic (exact) mass is 829 g/mol. The SMILES string of the molecule is CC(C)(C)c1ccc(-n2[c](=[Pt])n(-c3cccc(Oc4ccc5c(c4)N(c4cc(C(C)(C)C)ccn4)C(C)(C)CC5)c3)c3ccccc32)cc1.